The number of aromatic nitrogens is 2. The highest BCUT2D eigenvalue weighted by molar-refractivity contribution is 5.88. The Hall–Kier alpha value is -2.48. The van der Waals surface area contributed by atoms with Gasteiger partial charge >= 0.3 is 0 Å². The summed E-state index contributed by atoms with van der Waals surface area (Å²) in [4.78, 5) is 36.2. The molecular formula is C21H29N5O3. The molecule has 2 fully saturated rings. The molecule has 29 heavy (non-hydrogen) atoms. The fourth-order valence-electron chi connectivity index (χ4n) is 4.52. The van der Waals surface area contributed by atoms with Crippen molar-refractivity contribution in [2.24, 2.45) is 11.3 Å². The van der Waals surface area contributed by atoms with Gasteiger partial charge in [0.25, 0.3) is 0 Å². The van der Waals surface area contributed by atoms with Crippen LogP contribution < -0.4 is 15.5 Å². The Balaban J connectivity index is 1.47. The average Bonchev–Trinajstić information content (AvgIpc) is 2.76. The maximum Gasteiger partial charge on any atom is 0.239 e. The van der Waals surface area contributed by atoms with E-state index < -0.39 is 5.41 Å². The van der Waals surface area contributed by atoms with Crippen LogP contribution in [0.15, 0.2) is 30.6 Å². The minimum atomic E-state index is -0.496. The number of hydrogen-bond donors (Lipinski definition) is 2. The zero-order chi connectivity index (χ0) is 20.1. The van der Waals surface area contributed by atoms with E-state index in [9.17, 15) is 9.59 Å². The molecule has 8 heteroatoms. The van der Waals surface area contributed by atoms with Gasteiger partial charge in [-0.05, 0) is 38.2 Å². The zero-order valence-electron chi connectivity index (χ0n) is 16.7. The van der Waals surface area contributed by atoms with Crippen LogP contribution in [-0.4, -0.2) is 60.7 Å². The van der Waals surface area contributed by atoms with Crippen molar-refractivity contribution in [3.05, 3.63) is 30.6 Å². The normalized spacial score (nSPS) is 29.0. The van der Waals surface area contributed by atoms with Crippen LogP contribution in [0.1, 0.15) is 32.1 Å². The van der Waals surface area contributed by atoms with Crippen molar-refractivity contribution in [2.75, 3.05) is 37.7 Å². The van der Waals surface area contributed by atoms with Gasteiger partial charge in [-0.2, -0.15) is 0 Å². The molecule has 3 aliphatic rings. The van der Waals surface area contributed by atoms with Crippen LogP contribution in [0.4, 0.5) is 5.95 Å². The number of amides is 2. The molecule has 2 atom stereocenters. The monoisotopic (exact) mass is 399 g/mol. The van der Waals surface area contributed by atoms with Gasteiger partial charge in [-0.1, -0.05) is 12.2 Å². The molecule has 2 saturated heterocycles. The Kier molecular flexibility index (Phi) is 6.08. The molecule has 1 spiro atoms. The summed E-state index contributed by atoms with van der Waals surface area (Å²) in [5, 5.41) is 5.98. The first-order chi connectivity index (χ1) is 14.2. The lowest BCUT2D eigenvalue weighted by atomic mass is 9.74. The fourth-order valence-corrected chi connectivity index (χ4v) is 4.52. The highest BCUT2D eigenvalue weighted by Crippen LogP contribution is 2.37. The van der Waals surface area contributed by atoms with E-state index in [1.165, 1.54) is 0 Å². The Bertz CT molecular complexity index is 746. The summed E-state index contributed by atoms with van der Waals surface area (Å²) < 4.78 is 5.61. The van der Waals surface area contributed by atoms with Crippen LogP contribution in [0.5, 0.6) is 0 Å². The van der Waals surface area contributed by atoms with Gasteiger partial charge in [0.1, 0.15) is 0 Å². The van der Waals surface area contributed by atoms with E-state index in [-0.39, 0.29) is 30.3 Å². The predicted octanol–water partition coefficient (Wildman–Crippen LogP) is 1.05. The maximum atomic E-state index is 13.1. The van der Waals surface area contributed by atoms with Crippen LogP contribution in [-0.2, 0) is 14.3 Å². The molecule has 3 aliphatic heterocycles. The molecule has 2 amide bonds. The largest absolute Gasteiger partial charge is 0.381 e. The number of carbonyl (C=O) groups is 2. The lowest BCUT2D eigenvalue weighted by Crippen LogP contribution is -2.53. The quantitative estimate of drug-likeness (QED) is 0.686. The fraction of sp³-hybridized carbons (Fsp3) is 0.619. The molecule has 0 aliphatic carbocycles. The summed E-state index contributed by atoms with van der Waals surface area (Å²) in [5.74, 6) is 0.835. The Labute approximate surface area is 171 Å². The van der Waals surface area contributed by atoms with Gasteiger partial charge in [-0.15, -0.1) is 0 Å². The third-order valence-corrected chi connectivity index (χ3v) is 6.38. The first-order valence-electron chi connectivity index (χ1n) is 10.5. The van der Waals surface area contributed by atoms with Crippen LogP contribution in [0.25, 0.3) is 0 Å². The molecule has 4 rings (SSSR count). The molecule has 0 aromatic carbocycles. The minimum Gasteiger partial charge on any atom is -0.381 e. The molecule has 4 heterocycles. The third-order valence-electron chi connectivity index (χ3n) is 6.38. The number of nitrogens with one attached hydrogen (secondary N) is 2. The number of rotatable bonds is 1. The number of hydrogen-bond acceptors (Lipinski definition) is 6. The van der Waals surface area contributed by atoms with E-state index >= 15 is 0 Å². The van der Waals surface area contributed by atoms with Crippen molar-refractivity contribution in [3.8, 4) is 0 Å². The van der Waals surface area contributed by atoms with E-state index in [0.29, 0.717) is 38.4 Å². The number of nitrogens with zero attached hydrogens (tertiary/aromatic N) is 3. The van der Waals surface area contributed by atoms with Crippen molar-refractivity contribution in [3.63, 3.8) is 0 Å². The summed E-state index contributed by atoms with van der Waals surface area (Å²) >= 11 is 0. The number of anilines is 1. The zero-order valence-corrected chi connectivity index (χ0v) is 16.7. The van der Waals surface area contributed by atoms with E-state index in [1.54, 1.807) is 18.5 Å². The number of fused-ring (bicyclic) bond motifs is 1. The molecule has 0 saturated carbocycles. The van der Waals surface area contributed by atoms with Gasteiger partial charge in [0.15, 0.2) is 0 Å². The minimum absolute atomic E-state index is 0.0277. The lowest BCUT2D eigenvalue weighted by molar-refractivity contribution is -0.134. The SMILES string of the molecule is O=C1CNC(=O)C2(C/C=C/C[C@H]3COCC[C@H]3N1)CCN(c1ncccn1)CC2. The third kappa shape index (κ3) is 4.58. The van der Waals surface area contributed by atoms with Crippen molar-refractivity contribution >= 4 is 17.8 Å². The first-order valence-corrected chi connectivity index (χ1v) is 10.5. The number of carbonyl (C=O) groups excluding carboxylic acids is 2. The molecule has 8 nitrogen and oxygen atoms in total. The Morgan fingerprint density at radius 2 is 1.93 bits per heavy atom. The molecular weight excluding hydrogens is 370 g/mol. The molecule has 1 aromatic heterocycles. The highest BCUT2D eigenvalue weighted by Gasteiger charge is 2.41. The number of allylic oxidation sites excluding steroid dienone is 2. The molecule has 2 N–H and O–H groups in total. The lowest BCUT2D eigenvalue weighted by Gasteiger charge is -2.40. The van der Waals surface area contributed by atoms with Gasteiger partial charge < -0.3 is 20.3 Å². The van der Waals surface area contributed by atoms with E-state index in [0.717, 1.165) is 25.9 Å². The average molecular weight is 399 g/mol. The van der Waals surface area contributed by atoms with Crippen molar-refractivity contribution < 1.29 is 14.3 Å². The smallest absolute Gasteiger partial charge is 0.239 e. The van der Waals surface area contributed by atoms with Crippen LogP contribution in [0.2, 0.25) is 0 Å². The Morgan fingerprint density at radius 1 is 1.14 bits per heavy atom. The Morgan fingerprint density at radius 3 is 2.72 bits per heavy atom. The van der Waals surface area contributed by atoms with Crippen LogP contribution in [0.3, 0.4) is 0 Å². The summed E-state index contributed by atoms with van der Waals surface area (Å²) in [6, 6.07) is 1.91. The van der Waals surface area contributed by atoms with Gasteiger partial charge in [0.2, 0.25) is 17.8 Å². The van der Waals surface area contributed by atoms with Crippen LogP contribution >= 0.6 is 0 Å². The summed E-state index contributed by atoms with van der Waals surface area (Å²) in [6.45, 7) is 2.80. The molecule has 0 unspecified atom stereocenters. The van der Waals surface area contributed by atoms with Crippen molar-refractivity contribution in [1.29, 1.82) is 0 Å². The molecule has 1 aromatic rings. The van der Waals surface area contributed by atoms with E-state index in [4.69, 9.17) is 4.74 Å². The topological polar surface area (TPSA) is 96.5 Å². The van der Waals surface area contributed by atoms with Crippen molar-refractivity contribution in [2.45, 2.75) is 38.1 Å². The second-order valence-corrected chi connectivity index (χ2v) is 8.21. The highest BCUT2D eigenvalue weighted by atomic mass is 16.5. The van der Waals surface area contributed by atoms with Crippen LogP contribution in [0, 0.1) is 11.3 Å². The second-order valence-electron chi connectivity index (χ2n) is 8.21. The number of piperidine rings is 1. The second kappa shape index (κ2) is 8.90. The first kappa shape index (κ1) is 19.8. The summed E-state index contributed by atoms with van der Waals surface area (Å²) in [5.41, 5.74) is -0.496. The molecule has 0 radical (unpaired) electrons. The molecule has 0 bridgehead atoms. The molecule has 156 valence electrons. The van der Waals surface area contributed by atoms with Gasteiger partial charge in [-0.25, -0.2) is 9.97 Å². The summed E-state index contributed by atoms with van der Waals surface area (Å²) in [6.07, 6.45) is 11.5. The maximum absolute atomic E-state index is 13.1. The van der Waals surface area contributed by atoms with Gasteiger partial charge in [-0.3, -0.25) is 9.59 Å². The predicted molar refractivity (Wildman–Crippen MR) is 108 cm³/mol. The van der Waals surface area contributed by atoms with Crippen molar-refractivity contribution in [1.82, 2.24) is 20.6 Å². The van der Waals surface area contributed by atoms with E-state index in [2.05, 4.69) is 37.7 Å². The van der Waals surface area contributed by atoms with E-state index in [1.807, 2.05) is 0 Å². The summed E-state index contributed by atoms with van der Waals surface area (Å²) in [7, 11) is 0. The number of ether oxygens (including phenoxy) is 1. The van der Waals surface area contributed by atoms with Gasteiger partial charge in [0, 0.05) is 44.0 Å². The van der Waals surface area contributed by atoms with Gasteiger partial charge in [0.05, 0.1) is 18.6 Å². The standard InChI is InChI=1S/C21H29N5O3/c27-18-14-24-19(28)21(6-2-1-4-16-15-29-13-5-17(16)25-18)7-11-26(12-8-21)20-22-9-3-10-23-20/h1-3,9-10,16-17H,4-8,11-15H2,(H,24,28)(H,25,27)/b2-1+/t16-,17+/m0/s1.